The zero-order chi connectivity index (χ0) is 14.8. The second-order valence-electron chi connectivity index (χ2n) is 6.19. The summed E-state index contributed by atoms with van der Waals surface area (Å²) in [6.45, 7) is 12.0. The van der Waals surface area contributed by atoms with Crippen LogP contribution in [-0.4, -0.2) is 33.8 Å². The van der Waals surface area contributed by atoms with Crippen LogP contribution in [0.25, 0.3) is 0 Å². The number of piperazine rings is 1. The van der Waals surface area contributed by atoms with Gasteiger partial charge in [-0.3, -0.25) is 9.59 Å². The first-order valence-corrected chi connectivity index (χ1v) is 7.41. The molecule has 1 fully saturated rings. The molecule has 1 saturated heterocycles. The first kappa shape index (κ1) is 16.0. The van der Waals surface area contributed by atoms with Crippen LogP contribution in [0.2, 0.25) is 0 Å². The van der Waals surface area contributed by atoms with E-state index in [0.717, 1.165) is 12.8 Å². The lowest BCUT2D eigenvalue weighted by Crippen LogP contribution is -2.73. The third-order valence-corrected chi connectivity index (χ3v) is 4.48. The van der Waals surface area contributed by atoms with Crippen LogP contribution in [0.3, 0.4) is 0 Å². The summed E-state index contributed by atoms with van der Waals surface area (Å²) in [6.07, 6.45) is 3.18. The van der Waals surface area contributed by atoms with Crippen molar-refractivity contribution in [3.63, 3.8) is 0 Å². The Morgan fingerprint density at radius 1 is 1.21 bits per heavy atom. The number of carbonyl (C=O) groups is 2. The van der Waals surface area contributed by atoms with Gasteiger partial charge in [-0.2, -0.15) is 0 Å². The zero-order valence-corrected chi connectivity index (χ0v) is 13.2. The molecule has 0 aromatic heterocycles. The first-order valence-electron chi connectivity index (χ1n) is 7.41. The smallest absolute Gasteiger partial charge is 0.249 e. The Bertz CT molecular complexity index is 359. The summed E-state index contributed by atoms with van der Waals surface area (Å²) in [5, 5.41) is 2.94. The summed E-state index contributed by atoms with van der Waals surface area (Å²) in [5.41, 5.74) is -0.993. The fourth-order valence-corrected chi connectivity index (χ4v) is 3.18. The van der Waals surface area contributed by atoms with E-state index < -0.39 is 5.54 Å². The molecule has 2 amide bonds. The van der Waals surface area contributed by atoms with E-state index in [0.29, 0.717) is 12.8 Å². The SMILES string of the molecule is CCCC(C)(C)N1C(=O)C(CC)(CC)NC(=O)C1C. The predicted octanol–water partition coefficient (Wildman–Crippen LogP) is 2.47. The molecule has 0 spiro atoms. The topological polar surface area (TPSA) is 49.4 Å². The monoisotopic (exact) mass is 268 g/mol. The van der Waals surface area contributed by atoms with E-state index in [1.54, 1.807) is 0 Å². The van der Waals surface area contributed by atoms with Gasteiger partial charge >= 0.3 is 0 Å². The molecule has 19 heavy (non-hydrogen) atoms. The summed E-state index contributed by atoms with van der Waals surface area (Å²) in [6, 6.07) is -0.389. The van der Waals surface area contributed by atoms with E-state index in [2.05, 4.69) is 26.1 Å². The third kappa shape index (κ3) is 2.63. The quantitative estimate of drug-likeness (QED) is 0.832. The van der Waals surface area contributed by atoms with Gasteiger partial charge in [-0.1, -0.05) is 27.2 Å². The summed E-state index contributed by atoms with van der Waals surface area (Å²) < 4.78 is 0. The van der Waals surface area contributed by atoms with Gasteiger partial charge in [-0.15, -0.1) is 0 Å². The molecule has 0 aromatic carbocycles. The maximum Gasteiger partial charge on any atom is 0.249 e. The predicted molar refractivity (Wildman–Crippen MR) is 76.8 cm³/mol. The molecule has 4 nitrogen and oxygen atoms in total. The van der Waals surface area contributed by atoms with E-state index in [-0.39, 0.29) is 23.4 Å². The van der Waals surface area contributed by atoms with Gasteiger partial charge in [-0.05, 0) is 40.0 Å². The van der Waals surface area contributed by atoms with Crippen LogP contribution in [0.5, 0.6) is 0 Å². The lowest BCUT2D eigenvalue weighted by molar-refractivity contribution is -0.161. The van der Waals surface area contributed by atoms with Gasteiger partial charge in [0.1, 0.15) is 11.6 Å². The molecule has 4 heteroatoms. The second-order valence-corrected chi connectivity index (χ2v) is 6.19. The van der Waals surface area contributed by atoms with E-state index in [4.69, 9.17) is 0 Å². The van der Waals surface area contributed by atoms with Crippen LogP contribution in [0.1, 0.15) is 67.2 Å². The number of nitrogens with one attached hydrogen (secondary N) is 1. The van der Waals surface area contributed by atoms with Crippen LogP contribution >= 0.6 is 0 Å². The number of nitrogens with zero attached hydrogens (tertiary/aromatic N) is 1. The Kier molecular flexibility index (Phi) is 4.64. The van der Waals surface area contributed by atoms with Crippen molar-refractivity contribution in [2.75, 3.05) is 0 Å². The molecule has 1 aliphatic rings. The van der Waals surface area contributed by atoms with Gasteiger partial charge in [0.2, 0.25) is 11.8 Å². The van der Waals surface area contributed by atoms with Crippen LogP contribution in [0.15, 0.2) is 0 Å². The summed E-state index contributed by atoms with van der Waals surface area (Å²) in [5.74, 6) is 0.0375. The maximum absolute atomic E-state index is 12.9. The van der Waals surface area contributed by atoms with Gasteiger partial charge < -0.3 is 10.2 Å². The summed E-state index contributed by atoms with van der Waals surface area (Å²) in [7, 11) is 0. The Labute approximate surface area is 116 Å². The molecule has 1 unspecified atom stereocenters. The van der Waals surface area contributed by atoms with E-state index in [1.165, 1.54) is 0 Å². The molecular weight excluding hydrogens is 240 g/mol. The first-order chi connectivity index (χ1) is 8.75. The third-order valence-electron chi connectivity index (χ3n) is 4.48. The highest BCUT2D eigenvalue weighted by Gasteiger charge is 2.51. The van der Waals surface area contributed by atoms with Crippen molar-refractivity contribution in [2.24, 2.45) is 0 Å². The second kappa shape index (κ2) is 5.51. The molecule has 1 N–H and O–H groups in total. The maximum atomic E-state index is 12.9. The van der Waals surface area contributed by atoms with Crippen molar-refractivity contribution in [3.8, 4) is 0 Å². The van der Waals surface area contributed by atoms with Gasteiger partial charge in [-0.25, -0.2) is 0 Å². The van der Waals surface area contributed by atoms with Crippen molar-refractivity contribution in [2.45, 2.75) is 84.3 Å². The lowest BCUT2D eigenvalue weighted by Gasteiger charge is -2.51. The van der Waals surface area contributed by atoms with Crippen molar-refractivity contribution in [3.05, 3.63) is 0 Å². The van der Waals surface area contributed by atoms with E-state index in [1.807, 2.05) is 25.7 Å². The van der Waals surface area contributed by atoms with Crippen LogP contribution < -0.4 is 5.32 Å². The number of carbonyl (C=O) groups excluding carboxylic acids is 2. The molecule has 0 saturated carbocycles. The molecule has 110 valence electrons. The largest absolute Gasteiger partial charge is 0.340 e. The Balaban J connectivity index is 3.20. The van der Waals surface area contributed by atoms with Gasteiger partial charge in [0, 0.05) is 5.54 Å². The average molecular weight is 268 g/mol. The lowest BCUT2D eigenvalue weighted by atomic mass is 9.83. The van der Waals surface area contributed by atoms with Crippen LogP contribution in [-0.2, 0) is 9.59 Å². The highest BCUT2D eigenvalue weighted by Crippen LogP contribution is 2.32. The standard InChI is InChI=1S/C15H28N2O2/c1-7-10-14(5,6)17-11(4)12(18)16-15(8-2,9-3)13(17)19/h11H,7-10H2,1-6H3,(H,16,18). The number of hydrogen-bond acceptors (Lipinski definition) is 2. The molecule has 0 bridgehead atoms. The number of amides is 2. The molecule has 1 atom stereocenters. The minimum atomic E-state index is -0.714. The molecule has 1 heterocycles. The molecular formula is C15H28N2O2. The molecule has 0 radical (unpaired) electrons. The molecule has 1 rings (SSSR count). The molecule has 1 aliphatic heterocycles. The number of hydrogen-bond donors (Lipinski definition) is 1. The zero-order valence-electron chi connectivity index (χ0n) is 13.2. The van der Waals surface area contributed by atoms with Crippen molar-refractivity contribution >= 4 is 11.8 Å². The normalized spacial score (nSPS) is 23.5. The highest BCUT2D eigenvalue weighted by atomic mass is 16.2. The fourth-order valence-electron chi connectivity index (χ4n) is 3.18. The Hall–Kier alpha value is -1.06. The van der Waals surface area contributed by atoms with Crippen LogP contribution in [0, 0.1) is 0 Å². The molecule has 0 aromatic rings. The van der Waals surface area contributed by atoms with Gasteiger partial charge in [0.15, 0.2) is 0 Å². The minimum Gasteiger partial charge on any atom is -0.340 e. The van der Waals surface area contributed by atoms with E-state index >= 15 is 0 Å². The fraction of sp³-hybridized carbons (Fsp3) is 0.867. The number of rotatable bonds is 5. The Morgan fingerprint density at radius 3 is 2.16 bits per heavy atom. The van der Waals surface area contributed by atoms with Gasteiger partial charge in [0.05, 0.1) is 0 Å². The van der Waals surface area contributed by atoms with Crippen molar-refractivity contribution in [1.29, 1.82) is 0 Å². The summed E-state index contributed by atoms with van der Waals surface area (Å²) in [4.78, 5) is 26.9. The minimum absolute atomic E-state index is 0.0347. The Morgan fingerprint density at radius 2 is 1.74 bits per heavy atom. The van der Waals surface area contributed by atoms with Gasteiger partial charge in [0.25, 0.3) is 0 Å². The molecule has 0 aliphatic carbocycles. The van der Waals surface area contributed by atoms with Crippen molar-refractivity contribution in [1.82, 2.24) is 10.2 Å². The average Bonchev–Trinajstić information content (AvgIpc) is 2.34. The van der Waals surface area contributed by atoms with Crippen molar-refractivity contribution < 1.29 is 9.59 Å². The summed E-state index contributed by atoms with van der Waals surface area (Å²) >= 11 is 0. The van der Waals surface area contributed by atoms with E-state index in [9.17, 15) is 9.59 Å². The van der Waals surface area contributed by atoms with Crippen LogP contribution in [0.4, 0.5) is 0 Å². The highest BCUT2D eigenvalue weighted by molar-refractivity contribution is 6.00.